The van der Waals surface area contributed by atoms with Gasteiger partial charge in [0.2, 0.25) is 0 Å². The molecule has 0 amide bonds. The van der Waals surface area contributed by atoms with Gasteiger partial charge in [0.15, 0.2) is 5.65 Å². The van der Waals surface area contributed by atoms with E-state index in [9.17, 15) is 13.2 Å². The van der Waals surface area contributed by atoms with Crippen molar-refractivity contribution in [3.8, 4) is 0 Å². The summed E-state index contributed by atoms with van der Waals surface area (Å²) >= 11 is 1.76. The Morgan fingerprint density at radius 2 is 1.96 bits per heavy atom. The van der Waals surface area contributed by atoms with Crippen molar-refractivity contribution in [2.45, 2.75) is 17.5 Å². The predicted octanol–water partition coefficient (Wildman–Crippen LogP) is 1.62. The van der Waals surface area contributed by atoms with Gasteiger partial charge >= 0.3 is 6.18 Å². The molecular weight excluding hydrogens is 329 g/mol. The Kier molecular flexibility index (Phi) is 4.13. The van der Waals surface area contributed by atoms with E-state index >= 15 is 0 Å². The molecule has 6 nitrogen and oxygen atoms in total. The van der Waals surface area contributed by atoms with Gasteiger partial charge < -0.3 is 9.80 Å². The SMILES string of the molecule is CSC1CN(c2ccc3nnc(C(F)(F)F)n3n2)CC1N(C)C. The van der Waals surface area contributed by atoms with Gasteiger partial charge in [-0.05, 0) is 32.5 Å². The largest absolute Gasteiger partial charge is 0.453 e. The topological polar surface area (TPSA) is 49.6 Å². The third-order valence-corrected chi connectivity index (χ3v) is 5.10. The lowest BCUT2D eigenvalue weighted by atomic mass is 10.2. The van der Waals surface area contributed by atoms with Crippen molar-refractivity contribution in [2.75, 3.05) is 38.3 Å². The maximum absolute atomic E-state index is 13.0. The molecule has 0 bridgehead atoms. The lowest BCUT2D eigenvalue weighted by Gasteiger charge is -2.23. The minimum atomic E-state index is -4.58. The van der Waals surface area contributed by atoms with Crippen LogP contribution in [0.25, 0.3) is 5.65 Å². The minimum absolute atomic E-state index is 0.0887. The third kappa shape index (κ3) is 2.97. The number of aromatic nitrogens is 4. The minimum Gasteiger partial charge on any atom is -0.352 e. The van der Waals surface area contributed by atoms with Crippen LogP contribution in [0.2, 0.25) is 0 Å². The third-order valence-electron chi connectivity index (χ3n) is 4.03. The van der Waals surface area contributed by atoms with Gasteiger partial charge in [-0.3, -0.25) is 0 Å². The number of hydrogen-bond donors (Lipinski definition) is 0. The first kappa shape index (κ1) is 16.3. The van der Waals surface area contributed by atoms with Crippen LogP contribution in [0, 0.1) is 0 Å². The molecule has 3 rings (SSSR count). The van der Waals surface area contributed by atoms with Crippen LogP contribution >= 0.6 is 11.8 Å². The van der Waals surface area contributed by atoms with Gasteiger partial charge in [0.1, 0.15) is 5.82 Å². The van der Waals surface area contributed by atoms with E-state index < -0.39 is 12.0 Å². The van der Waals surface area contributed by atoms with Crippen LogP contribution < -0.4 is 4.90 Å². The molecule has 2 unspecified atom stereocenters. The first-order valence-corrected chi connectivity index (χ1v) is 8.34. The van der Waals surface area contributed by atoms with Crippen molar-refractivity contribution in [1.82, 2.24) is 24.7 Å². The number of likely N-dealkylation sites (N-methyl/N-ethyl adjacent to an activating group) is 1. The zero-order chi connectivity index (χ0) is 16.8. The molecule has 23 heavy (non-hydrogen) atoms. The summed E-state index contributed by atoms with van der Waals surface area (Å²) in [5.74, 6) is -0.592. The quantitative estimate of drug-likeness (QED) is 0.842. The van der Waals surface area contributed by atoms with E-state index in [0.717, 1.165) is 17.6 Å². The lowest BCUT2D eigenvalue weighted by molar-refractivity contribution is -0.146. The smallest absolute Gasteiger partial charge is 0.352 e. The molecular formula is C13H17F3N6S. The highest BCUT2D eigenvalue weighted by molar-refractivity contribution is 7.99. The first-order valence-electron chi connectivity index (χ1n) is 7.05. The lowest BCUT2D eigenvalue weighted by Crippen LogP contribution is -2.36. The second-order valence-corrected chi connectivity index (χ2v) is 6.77. The molecule has 0 saturated carbocycles. The molecule has 126 valence electrons. The van der Waals surface area contributed by atoms with Crippen LogP contribution in [-0.2, 0) is 6.18 Å². The number of rotatable bonds is 3. The average molecular weight is 346 g/mol. The number of nitrogens with zero attached hydrogens (tertiary/aromatic N) is 6. The van der Waals surface area contributed by atoms with E-state index in [4.69, 9.17) is 0 Å². The number of thioether (sulfide) groups is 1. The maximum atomic E-state index is 13.0. The summed E-state index contributed by atoms with van der Waals surface area (Å²) in [6.07, 6.45) is -2.53. The number of hydrogen-bond acceptors (Lipinski definition) is 6. The summed E-state index contributed by atoms with van der Waals surface area (Å²) < 4.78 is 39.6. The van der Waals surface area contributed by atoms with Crippen LogP contribution in [0.5, 0.6) is 0 Å². The Hall–Kier alpha value is -1.55. The van der Waals surface area contributed by atoms with Gasteiger partial charge in [0.05, 0.1) is 0 Å². The molecule has 1 aliphatic heterocycles. The van der Waals surface area contributed by atoms with Crippen molar-refractivity contribution in [2.24, 2.45) is 0 Å². The zero-order valence-electron chi connectivity index (χ0n) is 12.9. The van der Waals surface area contributed by atoms with Crippen molar-refractivity contribution < 1.29 is 13.2 Å². The highest BCUT2D eigenvalue weighted by atomic mass is 32.2. The van der Waals surface area contributed by atoms with E-state index in [0.29, 0.717) is 17.1 Å². The van der Waals surface area contributed by atoms with Gasteiger partial charge in [0.25, 0.3) is 5.82 Å². The Morgan fingerprint density at radius 1 is 1.22 bits per heavy atom. The molecule has 0 N–H and O–H groups in total. The number of anilines is 1. The molecule has 10 heteroatoms. The summed E-state index contributed by atoms with van der Waals surface area (Å²) in [6, 6.07) is 3.53. The second kappa shape index (κ2) is 5.82. The molecule has 0 aliphatic carbocycles. The molecule has 0 radical (unpaired) electrons. The van der Waals surface area contributed by atoms with Gasteiger partial charge in [0, 0.05) is 24.4 Å². The molecule has 0 spiro atoms. The highest BCUT2D eigenvalue weighted by Gasteiger charge is 2.38. The van der Waals surface area contributed by atoms with Crippen LogP contribution in [0.3, 0.4) is 0 Å². The van der Waals surface area contributed by atoms with Gasteiger partial charge in [-0.2, -0.15) is 29.4 Å². The van der Waals surface area contributed by atoms with Gasteiger partial charge in [-0.15, -0.1) is 15.3 Å². The molecule has 2 atom stereocenters. The fourth-order valence-corrected chi connectivity index (χ4v) is 3.77. The molecule has 1 aliphatic rings. The average Bonchev–Trinajstić information content (AvgIpc) is 3.09. The van der Waals surface area contributed by atoms with Gasteiger partial charge in [-0.1, -0.05) is 0 Å². The van der Waals surface area contributed by atoms with Crippen LogP contribution in [-0.4, -0.2) is 69.4 Å². The van der Waals surface area contributed by atoms with Crippen LogP contribution in [0.15, 0.2) is 12.1 Å². The van der Waals surface area contributed by atoms with Crippen LogP contribution in [0.4, 0.5) is 19.0 Å². The number of halogens is 3. The standard InChI is InChI=1S/C13H17F3N6S/c1-20(2)8-6-21(7-9(8)23-3)11-5-4-10-17-18-12(13(14,15)16)22(10)19-11/h4-5,8-9H,6-7H2,1-3H3. The van der Waals surface area contributed by atoms with E-state index in [1.165, 1.54) is 6.07 Å². The van der Waals surface area contributed by atoms with E-state index in [2.05, 4.69) is 20.2 Å². The normalized spacial score (nSPS) is 22.5. The number of alkyl halides is 3. The molecule has 3 heterocycles. The summed E-state index contributed by atoms with van der Waals surface area (Å²) in [7, 11) is 4.02. The summed E-state index contributed by atoms with van der Waals surface area (Å²) in [5, 5.41) is 11.2. The number of fused-ring (bicyclic) bond motifs is 1. The van der Waals surface area contributed by atoms with Crippen molar-refractivity contribution >= 4 is 23.2 Å². The van der Waals surface area contributed by atoms with Crippen molar-refractivity contribution in [3.05, 3.63) is 18.0 Å². The Balaban J connectivity index is 1.95. The fraction of sp³-hybridized carbons (Fsp3) is 0.615. The Labute approximate surface area is 135 Å². The molecule has 0 aromatic carbocycles. The zero-order valence-corrected chi connectivity index (χ0v) is 13.8. The van der Waals surface area contributed by atoms with Gasteiger partial charge in [-0.25, -0.2) is 0 Å². The predicted molar refractivity (Wildman–Crippen MR) is 82.8 cm³/mol. The van der Waals surface area contributed by atoms with Crippen molar-refractivity contribution in [1.29, 1.82) is 0 Å². The second-order valence-electron chi connectivity index (χ2n) is 5.69. The van der Waals surface area contributed by atoms with Crippen LogP contribution in [0.1, 0.15) is 5.82 Å². The summed E-state index contributed by atoms with van der Waals surface area (Å²) in [4.78, 5) is 4.14. The van der Waals surface area contributed by atoms with E-state index in [1.54, 1.807) is 17.8 Å². The molecule has 1 fully saturated rings. The van der Waals surface area contributed by atoms with Crippen molar-refractivity contribution in [3.63, 3.8) is 0 Å². The molecule has 2 aromatic heterocycles. The molecule has 2 aromatic rings. The monoisotopic (exact) mass is 346 g/mol. The van der Waals surface area contributed by atoms with E-state index in [-0.39, 0.29) is 5.65 Å². The Morgan fingerprint density at radius 3 is 2.52 bits per heavy atom. The first-order chi connectivity index (χ1) is 10.8. The maximum Gasteiger partial charge on any atom is 0.453 e. The summed E-state index contributed by atoms with van der Waals surface area (Å²) in [6.45, 7) is 1.46. The Bertz CT molecular complexity index is 701. The fourth-order valence-electron chi connectivity index (χ4n) is 2.80. The van der Waals surface area contributed by atoms with E-state index in [1.807, 2.05) is 25.3 Å². The highest BCUT2D eigenvalue weighted by Crippen LogP contribution is 2.30. The molecule has 1 saturated heterocycles. The summed E-state index contributed by atoms with van der Waals surface area (Å²) in [5.41, 5.74) is 0.0887.